The van der Waals surface area contributed by atoms with Crippen LogP contribution in [-0.2, 0) is 4.74 Å². The van der Waals surface area contributed by atoms with E-state index in [1.54, 1.807) is 13.0 Å². The highest BCUT2D eigenvalue weighted by molar-refractivity contribution is 6.34. The smallest absolute Gasteiger partial charge is 0.222 e. The number of nitrogens with zero attached hydrogens (tertiary/aromatic N) is 2. The van der Waals surface area contributed by atoms with E-state index in [-0.39, 0.29) is 22.7 Å². The highest BCUT2D eigenvalue weighted by atomic mass is 35.5. The Labute approximate surface area is 167 Å². The number of hydrogen-bond acceptors (Lipinski definition) is 7. The molecule has 0 radical (unpaired) electrons. The van der Waals surface area contributed by atoms with Gasteiger partial charge < -0.3 is 25.3 Å². The predicted molar refractivity (Wildman–Crippen MR) is 107 cm³/mol. The maximum Gasteiger partial charge on any atom is 0.222 e. The second-order valence-corrected chi connectivity index (χ2v) is 6.76. The molecule has 1 aliphatic rings. The van der Waals surface area contributed by atoms with Crippen LogP contribution in [0.25, 0.3) is 11.9 Å². The van der Waals surface area contributed by atoms with Crippen molar-refractivity contribution in [2.24, 2.45) is 5.73 Å². The van der Waals surface area contributed by atoms with Crippen molar-refractivity contribution in [1.82, 2.24) is 9.97 Å². The van der Waals surface area contributed by atoms with Crippen LogP contribution in [0.4, 0.5) is 10.3 Å². The second-order valence-electron chi connectivity index (χ2n) is 6.38. The van der Waals surface area contributed by atoms with Crippen molar-refractivity contribution in [3.63, 3.8) is 0 Å². The van der Waals surface area contributed by atoms with E-state index in [4.69, 9.17) is 31.5 Å². The number of benzene rings is 1. The topological polar surface area (TPSA) is 91.5 Å². The summed E-state index contributed by atoms with van der Waals surface area (Å²) in [6.45, 7) is 2.72. The van der Waals surface area contributed by atoms with Gasteiger partial charge in [-0.05, 0) is 13.0 Å². The van der Waals surface area contributed by atoms with Crippen LogP contribution < -0.4 is 20.5 Å². The quantitative estimate of drug-likeness (QED) is 0.758. The van der Waals surface area contributed by atoms with E-state index in [2.05, 4.69) is 15.3 Å². The molecule has 2 aromatic rings. The highest BCUT2D eigenvalue weighted by Crippen LogP contribution is 2.41. The molecule has 9 heteroatoms. The second kappa shape index (κ2) is 8.72. The van der Waals surface area contributed by atoms with Gasteiger partial charge in [-0.1, -0.05) is 11.6 Å². The maximum absolute atomic E-state index is 15.0. The predicted octanol–water partition coefficient (Wildman–Crippen LogP) is 3.06. The van der Waals surface area contributed by atoms with Crippen molar-refractivity contribution in [3.8, 4) is 11.5 Å². The Bertz CT molecular complexity index is 848. The third kappa shape index (κ3) is 4.19. The third-order valence-electron chi connectivity index (χ3n) is 4.53. The summed E-state index contributed by atoms with van der Waals surface area (Å²) in [4.78, 5) is 8.42. The van der Waals surface area contributed by atoms with Crippen molar-refractivity contribution < 1.29 is 18.6 Å². The van der Waals surface area contributed by atoms with Gasteiger partial charge in [-0.2, -0.15) is 0 Å². The lowest BCUT2D eigenvalue weighted by molar-refractivity contribution is 0.192. The molecule has 0 saturated carbocycles. The lowest BCUT2D eigenvalue weighted by Gasteiger charge is -2.15. The fourth-order valence-corrected chi connectivity index (χ4v) is 3.30. The Kier molecular flexibility index (Phi) is 6.33. The number of hydrogen-bond donors (Lipinski definition) is 2. The van der Waals surface area contributed by atoms with Gasteiger partial charge in [0.2, 0.25) is 5.95 Å². The van der Waals surface area contributed by atoms with Crippen molar-refractivity contribution in [1.29, 1.82) is 0 Å². The molecule has 2 atom stereocenters. The van der Waals surface area contributed by atoms with Crippen molar-refractivity contribution in [2.45, 2.75) is 19.0 Å². The molecule has 1 aromatic heterocycles. The van der Waals surface area contributed by atoms with Crippen LogP contribution in [0, 0.1) is 6.92 Å². The standard InChI is InChI=1S/C19H22ClFN4O3/c1-10-15(26-2)5-16(27-3)18(20)17(10)12(21)4-11-6-23-19(24-7-11)25-14-9-28-8-13(14)22/h4-7,13-14H,8-9,22H2,1-3H3,(H,23,24,25)/b12-4-/t13-,14+/m0/s1. The zero-order chi connectivity index (χ0) is 20.3. The van der Waals surface area contributed by atoms with E-state index < -0.39 is 5.83 Å². The molecule has 0 amide bonds. The lowest BCUT2D eigenvalue weighted by Crippen LogP contribution is -2.39. The first-order valence-electron chi connectivity index (χ1n) is 8.65. The molecular formula is C19H22ClFN4O3. The summed E-state index contributed by atoms with van der Waals surface area (Å²) in [5.74, 6) is 0.662. The van der Waals surface area contributed by atoms with Crippen LogP contribution in [0.15, 0.2) is 18.5 Å². The van der Waals surface area contributed by atoms with Gasteiger partial charge in [0.25, 0.3) is 0 Å². The van der Waals surface area contributed by atoms with E-state index in [0.717, 1.165) is 0 Å². The van der Waals surface area contributed by atoms with E-state index in [0.29, 0.717) is 41.8 Å². The van der Waals surface area contributed by atoms with Gasteiger partial charge in [0.1, 0.15) is 17.3 Å². The van der Waals surface area contributed by atoms with Gasteiger partial charge >= 0.3 is 0 Å². The number of methoxy groups -OCH3 is 2. The number of aromatic nitrogens is 2. The maximum atomic E-state index is 15.0. The summed E-state index contributed by atoms with van der Waals surface area (Å²) in [7, 11) is 2.96. The first-order chi connectivity index (χ1) is 13.4. The Morgan fingerprint density at radius 2 is 1.96 bits per heavy atom. The fraction of sp³-hybridized carbons (Fsp3) is 0.368. The van der Waals surface area contributed by atoms with Crippen LogP contribution >= 0.6 is 11.6 Å². The van der Waals surface area contributed by atoms with Crippen LogP contribution in [0.3, 0.4) is 0 Å². The van der Waals surface area contributed by atoms with Gasteiger partial charge in [0, 0.05) is 35.2 Å². The van der Waals surface area contributed by atoms with Gasteiger partial charge in [0.15, 0.2) is 0 Å². The molecule has 150 valence electrons. The molecule has 0 spiro atoms. The van der Waals surface area contributed by atoms with Crippen LogP contribution in [0.5, 0.6) is 11.5 Å². The molecule has 1 aliphatic heterocycles. The first kappa shape index (κ1) is 20.3. The molecule has 7 nitrogen and oxygen atoms in total. The summed E-state index contributed by atoms with van der Waals surface area (Å²) in [5.41, 5.74) is 7.18. The summed E-state index contributed by atoms with van der Waals surface area (Å²) in [6, 6.07) is 1.45. The van der Waals surface area contributed by atoms with Gasteiger partial charge in [-0.15, -0.1) is 0 Å². The molecule has 0 bridgehead atoms. The number of nitrogens with one attached hydrogen (secondary N) is 1. The summed E-state index contributed by atoms with van der Waals surface area (Å²) >= 11 is 6.31. The Morgan fingerprint density at radius 1 is 1.29 bits per heavy atom. The average molecular weight is 409 g/mol. The summed E-state index contributed by atoms with van der Waals surface area (Å²) < 4.78 is 30.8. The number of rotatable bonds is 6. The molecule has 2 heterocycles. The highest BCUT2D eigenvalue weighted by Gasteiger charge is 2.25. The minimum atomic E-state index is -0.546. The van der Waals surface area contributed by atoms with Crippen molar-refractivity contribution in [2.75, 3.05) is 32.8 Å². The Hall–Kier alpha value is -2.42. The normalized spacial score (nSPS) is 19.6. The first-order valence-corrected chi connectivity index (χ1v) is 9.03. The SMILES string of the molecule is COc1cc(OC)c(Cl)c(/C(F)=C/c2cnc(N[C@@H]3COC[C@@H]3N)nc2)c1C. The largest absolute Gasteiger partial charge is 0.496 e. The summed E-state index contributed by atoms with van der Waals surface area (Å²) in [5, 5.41) is 3.28. The Balaban J connectivity index is 1.85. The number of nitrogens with two attached hydrogens (primary N) is 1. The van der Waals surface area contributed by atoms with E-state index >= 15 is 4.39 Å². The minimum absolute atomic E-state index is 0.0520. The van der Waals surface area contributed by atoms with Crippen LogP contribution in [0.1, 0.15) is 16.7 Å². The van der Waals surface area contributed by atoms with E-state index in [1.165, 1.54) is 32.7 Å². The number of halogens is 2. The molecule has 1 fully saturated rings. The zero-order valence-corrected chi connectivity index (χ0v) is 16.6. The number of anilines is 1. The van der Waals surface area contributed by atoms with Gasteiger partial charge in [-0.25, -0.2) is 14.4 Å². The molecular weight excluding hydrogens is 387 g/mol. The van der Waals surface area contributed by atoms with Crippen LogP contribution in [0.2, 0.25) is 5.02 Å². The molecule has 28 heavy (non-hydrogen) atoms. The molecule has 3 rings (SSSR count). The summed E-state index contributed by atoms with van der Waals surface area (Å²) in [6.07, 6.45) is 4.33. The minimum Gasteiger partial charge on any atom is -0.496 e. The van der Waals surface area contributed by atoms with Gasteiger partial charge in [0.05, 0.1) is 44.5 Å². The molecule has 1 saturated heterocycles. The molecule has 0 unspecified atom stereocenters. The monoisotopic (exact) mass is 408 g/mol. The third-order valence-corrected chi connectivity index (χ3v) is 4.90. The molecule has 0 aliphatic carbocycles. The Morgan fingerprint density at radius 3 is 2.54 bits per heavy atom. The van der Waals surface area contributed by atoms with Crippen molar-refractivity contribution >= 4 is 29.5 Å². The van der Waals surface area contributed by atoms with E-state index in [9.17, 15) is 0 Å². The van der Waals surface area contributed by atoms with Gasteiger partial charge in [-0.3, -0.25) is 0 Å². The van der Waals surface area contributed by atoms with Crippen LogP contribution in [-0.4, -0.2) is 49.5 Å². The fourth-order valence-electron chi connectivity index (χ4n) is 2.94. The molecule has 3 N–H and O–H groups in total. The average Bonchev–Trinajstić information content (AvgIpc) is 3.08. The zero-order valence-electron chi connectivity index (χ0n) is 15.8. The van der Waals surface area contributed by atoms with Crippen molar-refractivity contribution in [3.05, 3.63) is 40.2 Å². The number of ether oxygens (including phenoxy) is 3. The molecule has 1 aromatic carbocycles. The van der Waals surface area contributed by atoms with E-state index in [1.807, 2.05) is 0 Å². The lowest BCUT2D eigenvalue weighted by atomic mass is 10.0.